The van der Waals surface area contributed by atoms with Gasteiger partial charge in [0, 0.05) is 7.05 Å². The number of amides is 1. The van der Waals surface area contributed by atoms with Crippen LogP contribution in [-0.2, 0) is 22.7 Å². The maximum atomic E-state index is 12.1. The number of thiocarbonyl (C=S) groups is 1. The van der Waals surface area contributed by atoms with Gasteiger partial charge in [-0.1, -0.05) is 44.8 Å². The zero-order valence-corrected chi connectivity index (χ0v) is 18.5. The summed E-state index contributed by atoms with van der Waals surface area (Å²) in [6, 6.07) is 0. The highest BCUT2D eigenvalue weighted by Gasteiger charge is 2.48. The third-order valence-electron chi connectivity index (χ3n) is 4.97. The van der Waals surface area contributed by atoms with Crippen LogP contribution in [0.4, 0.5) is 0 Å². The van der Waals surface area contributed by atoms with Gasteiger partial charge in [0.15, 0.2) is 14.1 Å². The molecule has 2 rings (SSSR count). The molecule has 0 unspecified atom stereocenters. The number of hydrogen-bond donors (Lipinski definition) is 1. The summed E-state index contributed by atoms with van der Waals surface area (Å²) in [5.41, 5.74) is 0. The first-order valence-corrected chi connectivity index (χ1v) is 12.5. The largest absolute Gasteiger partial charge is 0.413 e. The molecule has 1 aromatic rings. The molecule has 0 aliphatic carbocycles. The van der Waals surface area contributed by atoms with Crippen LogP contribution in [0.5, 0.6) is 0 Å². The van der Waals surface area contributed by atoms with Crippen LogP contribution in [0, 0.1) is 5.92 Å². The van der Waals surface area contributed by atoms with E-state index in [-0.39, 0.29) is 28.3 Å². The van der Waals surface area contributed by atoms with Crippen LogP contribution in [0.3, 0.4) is 0 Å². The maximum Gasteiger partial charge on any atom is 0.229 e. The molecule has 0 aromatic carbocycles. The zero-order valence-electron chi connectivity index (χ0n) is 15.9. The topological polar surface area (TPSA) is 81.9 Å². The third kappa shape index (κ3) is 4.66. The summed E-state index contributed by atoms with van der Waals surface area (Å²) in [5.74, 6) is 0.562. The SMILES string of the molecule is C[C@@H](O[Si](C)(C)C(C)(C)C)[C@@H]1C(=O)N[C@@H]1SC(=S)Cc1nnnn1C. The van der Waals surface area contributed by atoms with E-state index in [1.807, 2.05) is 6.92 Å². The molecule has 1 aliphatic heterocycles. The second kappa shape index (κ2) is 7.41. The minimum atomic E-state index is -1.92. The molecular formula is C15H27N5O2S2Si. The lowest BCUT2D eigenvalue weighted by Crippen LogP contribution is -2.62. The van der Waals surface area contributed by atoms with Gasteiger partial charge in [0.05, 0.1) is 28.0 Å². The third-order valence-corrected chi connectivity index (χ3v) is 11.1. The van der Waals surface area contributed by atoms with E-state index in [2.05, 4.69) is 54.7 Å². The highest BCUT2D eigenvalue weighted by molar-refractivity contribution is 8.23. The Morgan fingerprint density at radius 1 is 1.48 bits per heavy atom. The molecule has 1 aliphatic rings. The number of carbonyl (C=O) groups excluding carboxylic acids is 1. The Balaban J connectivity index is 1.95. The number of thioether (sulfide) groups is 1. The summed E-state index contributed by atoms with van der Waals surface area (Å²) in [4.78, 5) is 12.1. The first kappa shape index (κ1) is 20.5. The Bertz CT molecular complexity index is 659. The van der Waals surface area contributed by atoms with E-state index in [1.165, 1.54) is 11.8 Å². The van der Waals surface area contributed by atoms with Gasteiger partial charge >= 0.3 is 0 Å². The summed E-state index contributed by atoms with van der Waals surface area (Å²) >= 11 is 6.95. The minimum absolute atomic E-state index is 0.0341. The predicted octanol–water partition coefficient (Wildman–Crippen LogP) is 2.30. The number of nitrogens with one attached hydrogen (secondary N) is 1. The van der Waals surface area contributed by atoms with Crippen LogP contribution >= 0.6 is 24.0 Å². The van der Waals surface area contributed by atoms with E-state index in [9.17, 15) is 4.79 Å². The molecule has 1 fully saturated rings. The maximum absolute atomic E-state index is 12.1. The van der Waals surface area contributed by atoms with Gasteiger partial charge in [0.25, 0.3) is 0 Å². The second-order valence-corrected chi connectivity index (χ2v) is 14.7. The van der Waals surface area contributed by atoms with Crippen molar-refractivity contribution in [2.45, 2.75) is 63.7 Å². The van der Waals surface area contributed by atoms with Crippen molar-refractivity contribution in [2.24, 2.45) is 13.0 Å². The monoisotopic (exact) mass is 401 g/mol. The lowest BCUT2D eigenvalue weighted by Gasteiger charge is -2.45. The van der Waals surface area contributed by atoms with Crippen LogP contribution in [-0.4, -0.2) is 50.1 Å². The number of tetrazole rings is 1. The van der Waals surface area contributed by atoms with Crippen molar-refractivity contribution in [3.8, 4) is 0 Å². The van der Waals surface area contributed by atoms with Crippen LogP contribution in [0.1, 0.15) is 33.5 Å². The van der Waals surface area contributed by atoms with Crippen LogP contribution in [0.15, 0.2) is 0 Å². The van der Waals surface area contributed by atoms with E-state index in [0.717, 1.165) is 4.20 Å². The van der Waals surface area contributed by atoms with Crippen LogP contribution < -0.4 is 5.32 Å². The number of rotatable bonds is 6. The van der Waals surface area contributed by atoms with Crippen molar-refractivity contribution >= 4 is 42.4 Å². The molecular weight excluding hydrogens is 374 g/mol. The lowest BCUT2D eigenvalue weighted by molar-refractivity contribution is -0.136. The molecule has 1 amide bonds. The molecule has 140 valence electrons. The van der Waals surface area contributed by atoms with Gasteiger partial charge in [-0.2, -0.15) is 0 Å². The fourth-order valence-electron chi connectivity index (χ4n) is 2.35. The minimum Gasteiger partial charge on any atom is -0.413 e. The van der Waals surface area contributed by atoms with E-state index in [0.29, 0.717) is 12.2 Å². The molecule has 25 heavy (non-hydrogen) atoms. The predicted molar refractivity (Wildman–Crippen MR) is 106 cm³/mol. The highest BCUT2D eigenvalue weighted by atomic mass is 32.2. The molecule has 0 bridgehead atoms. The molecule has 1 saturated heterocycles. The molecule has 0 radical (unpaired) electrons. The number of carbonyl (C=O) groups is 1. The van der Waals surface area contributed by atoms with E-state index in [4.69, 9.17) is 16.6 Å². The van der Waals surface area contributed by atoms with Crippen molar-refractivity contribution < 1.29 is 9.22 Å². The molecule has 1 aromatic heterocycles. The molecule has 2 heterocycles. The first-order chi connectivity index (χ1) is 11.4. The molecule has 10 heteroatoms. The number of β-lactam (4-membered cyclic amide) rings is 1. The van der Waals surface area contributed by atoms with Crippen molar-refractivity contribution in [2.75, 3.05) is 0 Å². The summed E-state index contributed by atoms with van der Waals surface area (Å²) in [6.07, 6.45) is 0.367. The molecule has 1 N–H and O–H groups in total. The summed E-state index contributed by atoms with van der Waals surface area (Å²) < 4.78 is 8.76. The van der Waals surface area contributed by atoms with Gasteiger partial charge in [-0.3, -0.25) is 4.79 Å². The standard InChI is InChI=1S/C15H27N5O2S2Si/c1-9(22-25(6,7)15(2,3)4)12-13(21)16-14(12)24-11(23)8-10-17-18-19-20(10)5/h9,12,14H,8H2,1-7H3,(H,16,21)/t9-,12-,14-/m1/s1. The van der Waals surface area contributed by atoms with Gasteiger partial charge in [-0.05, 0) is 35.5 Å². The normalized spacial score (nSPS) is 22.3. The lowest BCUT2D eigenvalue weighted by atomic mass is 9.96. The summed E-state index contributed by atoms with van der Waals surface area (Å²) in [6.45, 7) is 13.0. The van der Waals surface area contributed by atoms with Crippen molar-refractivity contribution in [3.63, 3.8) is 0 Å². The van der Waals surface area contributed by atoms with Gasteiger partial charge in [-0.25, -0.2) is 4.68 Å². The van der Waals surface area contributed by atoms with Crippen molar-refractivity contribution in [3.05, 3.63) is 5.82 Å². The molecule has 0 saturated carbocycles. The summed E-state index contributed by atoms with van der Waals surface area (Å²) in [7, 11) is -0.140. The van der Waals surface area contributed by atoms with Crippen molar-refractivity contribution in [1.82, 2.24) is 25.5 Å². The zero-order chi connectivity index (χ0) is 19.0. The van der Waals surface area contributed by atoms with Crippen LogP contribution in [0.2, 0.25) is 18.1 Å². The molecule has 0 spiro atoms. The van der Waals surface area contributed by atoms with Gasteiger partial charge in [0.1, 0.15) is 0 Å². The average molecular weight is 402 g/mol. The Morgan fingerprint density at radius 2 is 2.12 bits per heavy atom. The Kier molecular flexibility index (Phi) is 6.07. The quantitative estimate of drug-likeness (QED) is 0.445. The number of nitrogens with zero attached hydrogens (tertiary/aromatic N) is 4. The fraction of sp³-hybridized carbons (Fsp3) is 0.800. The van der Waals surface area contributed by atoms with Crippen molar-refractivity contribution in [1.29, 1.82) is 0 Å². The Labute approximate surface area is 159 Å². The number of aromatic nitrogens is 4. The number of hydrogen-bond acceptors (Lipinski definition) is 7. The smallest absolute Gasteiger partial charge is 0.229 e. The number of aryl methyl sites for hydroxylation is 1. The average Bonchev–Trinajstić information content (AvgIpc) is 2.81. The van der Waals surface area contributed by atoms with E-state index >= 15 is 0 Å². The van der Waals surface area contributed by atoms with Gasteiger partial charge in [-0.15, -0.1) is 5.10 Å². The fourth-order valence-corrected chi connectivity index (χ4v) is 5.39. The highest BCUT2D eigenvalue weighted by Crippen LogP contribution is 2.40. The Morgan fingerprint density at radius 3 is 2.60 bits per heavy atom. The molecule has 7 nitrogen and oxygen atoms in total. The molecule has 3 atom stereocenters. The first-order valence-electron chi connectivity index (χ1n) is 8.31. The second-order valence-electron chi connectivity index (χ2n) is 7.92. The van der Waals surface area contributed by atoms with E-state index < -0.39 is 8.32 Å². The van der Waals surface area contributed by atoms with E-state index in [1.54, 1.807) is 11.7 Å². The Hall–Kier alpha value is -0.843. The van der Waals surface area contributed by atoms with Gasteiger partial charge in [0.2, 0.25) is 5.91 Å². The van der Waals surface area contributed by atoms with Gasteiger partial charge < -0.3 is 9.74 Å². The van der Waals surface area contributed by atoms with Crippen LogP contribution in [0.25, 0.3) is 0 Å². The summed E-state index contributed by atoms with van der Waals surface area (Å²) in [5, 5.41) is 14.4.